The fourth-order valence-electron chi connectivity index (χ4n) is 4.32. The third-order valence-corrected chi connectivity index (χ3v) is 5.66. The van der Waals surface area contributed by atoms with Gasteiger partial charge in [-0.3, -0.25) is 0 Å². The third kappa shape index (κ3) is 4.43. The number of hydrogen-bond acceptors (Lipinski definition) is 2. The molecule has 1 saturated carbocycles. The Bertz CT molecular complexity index is 484. The molecule has 1 aromatic rings. The molecule has 2 rings (SSSR count). The van der Waals surface area contributed by atoms with Gasteiger partial charge in [-0.2, -0.15) is 0 Å². The highest BCUT2D eigenvalue weighted by atomic mass is 16.3. The van der Waals surface area contributed by atoms with Crippen molar-refractivity contribution < 1.29 is 10.2 Å². The fraction of sp³-hybridized carbons (Fsp3) is 0.714. The normalized spacial score (nSPS) is 25.0. The SMILES string of the molecule is CCCCCc1cc(O)c([C@H]2C[C@@H](C)CC[C@@H]2C(C)C)c(O)c1. The van der Waals surface area contributed by atoms with Crippen molar-refractivity contribution in [2.24, 2.45) is 17.8 Å². The second-order valence-electron chi connectivity index (χ2n) is 7.94. The lowest BCUT2D eigenvalue weighted by atomic mass is 9.67. The standard InChI is InChI=1S/C21H34O2/c1-5-6-7-8-16-12-19(22)21(20(23)13-16)18-11-15(4)9-10-17(18)14(2)3/h12-15,17-18,22-23H,5-11H2,1-4H3/t15-,17+,18-/m0/s1. The Kier molecular flexibility index (Phi) is 6.38. The number of phenols is 2. The Hall–Kier alpha value is -1.18. The van der Waals surface area contributed by atoms with Gasteiger partial charge in [0, 0.05) is 5.56 Å². The molecule has 1 aliphatic rings. The smallest absolute Gasteiger partial charge is 0.123 e. The average Bonchev–Trinajstić information content (AvgIpc) is 2.46. The molecule has 0 saturated heterocycles. The molecule has 23 heavy (non-hydrogen) atoms. The van der Waals surface area contributed by atoms with Gasteiger partial charge in [0.25, 0.3) is 0 Å². The van der Waals surface area contributed by atoms with E-state index in [1.807, 2.05) is 12.1 Å². The van der Waals surface area contributed by atoms with Gasteiger partial charge in [0.2, 0.25) is 0 Å². The van der Waals surface area contributed by atoms with Crippen LogP contribution in [0.25, 0.3) is 0 Å². The zero-order valence-corrected chi connectivity index (χ0v) is 15.3. The minimum Gasteiger partial charge on any atom is -0.508 e. The summed E-state index contributed by atoms with van der Waals surface area (Å²) in [5.74, 6) is 2.69. The first-order valence-corrected chi connectivity index (χ1v) is 9.48. The van der Waals surface area contributed by atoms with Crippen LogP contribution in [-0.4, -0.2) is 10.2 Å². The lowest BCUT2D eigenvalue weighted by molar-refractivity contribution is 0.192. The summed E-state index contributed by atoms with van der Waals surface area (Å²) in [5.41, 5.74) is 1.86. The van der Waals surface area contributed by atoms with Crippen molar-refractivity contribution in [2.75, 3.05) is 0 Å². The van der Waals surface area contributed by atoms with Gasteiger partial charge in [-0.05, 0) is 67.1 Å². The molecule has 0 radical (unpaired) electrons. The molecule has 1 fully saturated rings. The predicted octanol–water partition coefficient (Wildman–Crippen LogP) is 6.01. The van der Waals surface area contributed by atoms with Crippen molar-refractivity contribution in [1.29, 1.82) is 0 Å². The molecule has 130 valence electrons. The van der Waals surface area contributed by atoms with E-state index in [1.54, 1.807) is 0 Å². The van der Waals surface area contributed by atoms with Crippen LogP contribution in [0.2, 0.25) is 0 Å². The van der Waals surface area contributed by atoms with E-state index in [1.165, 1.54) is 25.7 Å². The van der Waals surface area contributed by atoms with Crippen LogP contribution in [-0.2, 0) is 6.42 Å². The summed E-state index contributed by atoms with van der Waals surface area (Å²) in [6, 6.07) is 3.78. The van der Waals surface area contributed by atoms with Crippen LogP contribution in [0, 0.1) is 17.8 Å². The van der Waals surface area contributed by atoms with Crippen LogP contribution < -0.4 is 0 Å². The number of unbranched alkanes of at least 4 members (excludes halogenated alkanes) is 2. The summed E-state index contributed by atoms with van der Waals surface area (Å²) in [6.07, 6.45) is 7.95. The molecule has 0 aliphatic heterocycles. The van der Waals surface area contributed by atoms with Gasteiger partial charge >= 0.3 is 0 Å². The summed E-state index contributed by atoms with van der Waals surface area (Å²) in [5, 5.41) is 21.2. The maximum absolute atomic E-state index is 10.6. The predicted molar refractivity (Wildman–Crippen MR) is 97.1 cm³/mol. The van der Waals surface area contributed by atoms with Crippen molar-refractivity contribution in [3.8, 4) is 11.5 Å². The summed E-state index contributed by atoms with van der Waals surface area (Å²) in [4.78, 5) is 0. The lowest BCUT2D eigenvalue weighted by Gasteiger charge is -2.38. The molecule has 0 unspecified atom stereocenters. The molecule has 0 aromatic heterocycles. The molecule has 3 atom stereocenters. The van der Waals surface area contributed by atoms with Crippen LogP contribution in [0.3, 0.4) is 0 Å². The summed E-state index contributed by atoms with van der Waals surface area (Å²) in [6.45, 7) is 9.01. The van der Waals surface area contributed by atoms with Gasteiger partial charge in [-0.15, -0.1) is 0 Å². The van der Waals surface area contributed by atoms with Crippen molar-refractivity contribution in [3.63, 3.8) is 0 Å². The Morgan fingerprint density at radius 3 is 2.30 bits per heavy atom. The van der Waals surface area contributed by atoms with Gasteiger partial charge in [0.05, 0.1) is 0 Å². The first-order valence-electron chi connectivity index (χ1n) is 9.48. The highest BCUT2D eigenvalue weighted by Gasteiger charge is 2.34. The quantitative estimate of drug-likeness (QED) is 0.631. The summed E-state index contributed by atoms with van der Waals surface area (Å²) in [7, 11) is 0. The van der Waals surface area contributed by atoms with Crippen molar-refractivity contribution in [1.82, 2.24) is 0 Å². The van der Waals surface area contributed by atoms with Crippen LogP contribution in [0.4, 0.5) is 0 Å². The molecular formula is C21H34O2. The van der Waals surface area contributed by atoms with Gasteiger partial charge in [0.1, 0.15) is 11.5 Å². The minimum atomic E-state index is 0.281. The first kappa shape index (κ1) is 18.2. The van der Waals surface area contributed by atoms with Gasteiger partial charge in [0.15, 0.2) is 0 Å². The largest absolute Gasteiger partial charge is 0.508 e. The van der Waals surface area contributed by atoms with E-state index in [-0.39, 0.29) is 5.92 Å². The minimum absolute atomic E-state index is 0.281. The molecular weight excluding hydrogens is 284 g/mol. The maximum Gasteiger partial charge on any atom is 0.123 e. The topological polar surface area (TPSA) is 40.5 Å². The maximum atomic E-state index is 10.6. The third-order valence-electron chi connectivity index (χ3n) is 5.66. The van der Waals surface area contributed by atoms with Crippen LogP contribution in [0.1, 0.15) is 83.3 Å². The van der Waals surface area contributed by atoms with E-state index in [0.29, 0.717) is 29.3 Å². The number of rotatable bonds is 6. The molecule has 1 aromatic carbocycles. The number of hydrogen-bond donors (Lipinski definition) is 2. The second-order valence-corrected chi connectivity index (χ2v) is 7.94. The Morgan fingerprint density at radius 2 is 1.74 bits per heavy atom. The van der Waals surface area contributed by atoms with Crippen molar-refractivity contribution in [3.05, 3.63) is 23.3 Å². The summed E-state index contributed by atoms with van der Waals surface area (Å²) < 4.78 is 0. The zero-order valence-electron chi connectivity index (χ0n) is 15.3. The Balaban J connectivity index is 2.26. The molecule has 1 aliphatic carbocycles. The van der Waals surface area contributed by atoms with Gasteiger partial charge in [-0.25, -0.2) is 0 Å². The molecule has 2 nitrogen and oxygen atoms in total. The Labute approximate surface area is 141 Å². The Morgan fingerprint density at radius 1 is 1.09 bits per heavy atom. The van der Waals surface area contributed by atoms with Crippen LogP contribution in [0.15, 0.2) is 12.1 Å². The van der Waals surface area contributed by atoms with Crippen molar-refractivity contribution in [2.45, 2.75) is 78.6 Å². The molecule has 0 bridgehead atoms. The molecule has 0 heterocycles. The number of aryl methyl sites for hydroxylation is 1. The molecule has 2 heteroatoms. The molecule has 0 spiro atoms. The van der Waals surface area contributed by atoms with Gasteiger partial charge < -0.3 is 10.2 Å². The van der Waals surface area contributed by atoms with Crippen LogP contribution >= 0.6 is 0 Å². The van der Waals surface area contributed by atoms with E-state index < -0.39 is 0 Å². The van der Waals surface area contributed by atoms with Gasteiger partial charge in [-0.1, -0.05) is 47.0 Å². The average molecular weight is 319 g/mol. The van der Waals surface area contributed by atoms with E-state index in [2.05, 4.69) is 27.7 Å². The number of benzene rings is 1. The highest BCUT2D eigenvalue weighted by molar-refractivity contribution is 5.49. The first-order chi connectivity index (χ1) is 10.9. The van der Waals surface area contributed by atoms with E-state index >= 15 is 0 Å². The van der Waals surface area contributed by atoms with E-state index in [0.717, 1.165) is 30.4 Å². The molecule has 2 N–H and O–H groups in total. The summed E-state index contributed by atoms with van der Waals surface area (Å²) >= 11 is 0. The van der Waals surface area contributed by atoms with E-state index in [4.69, 9.17) is 0 Å². The second kappa shape index (κ2) is 8.08. The molecule has 0 amide bonds. The van der Waals surface area contributed by atoms with Crippen molar-refractivity contribution >= 4 is 0 Å². The zero-order chi connectivity index (χ0) is 17.0. The fourth-order valence-corrected chi connectivity index (χ4v) is 4.32. The lowest BCUT2D eigenvalue weighted by Crippen LogP contribution is -2.26. The number of aromatic hydroxyl groups is 2. The number of phenolic OH excluding ortho intramolecular Hbond substituents is 2. The van der Waals surface area contributed by atoms with E-state index in [9.17, 15) is 10.2 Å². The monoisotopic (exact) mass is 318 g/mol. The highest BCUT2D eigenvalue weighted by Crippen LogP contribution is 2.49. The van der Waals surface area contributed by atoms with Crippen LogP contribution in [0.5, 0.6) is 11.5 Å².